The molecule has 11 heteroatoms. The number of rotatable bonds is 4. The number of nitrogens with one attached hydrogen (secondary N) is 1. The summed E-state index contributed by atoms with van der Waals surface area (Å²) in [7, 11) is 5.88. The molecule has 11 nitrogen and oxygen atoms in total. The zero-order valence-electron chi connectivity index (χ0n) is 20.9. The zero-order valence-corrected chi connectivity index (χ0v) is 20.9. The number of hydrogen-bond acceptors (Lipinski definition) is 8. The second-order valence-corrected chi connectivity index (χ2v) is 10.1. The van der Waals surface area contributed by atoms with E-state index in [0.29, 0.717) is 74.5 Å². The number of carbonyl (C=O) groups is 2. The van der Waals surface area contributed by atoms with E-state index in [1.165, 1.54) is 6.33 Å². The first-order valence-corrected chi connectivity index (χ1v) is 12.4. The normalized spacial score (nSPS) is 19.9. The van der Waals surface area contributed by atoms with Crippen molar-refractivity contribution in [3.05, 3.63) is 42.5 Å². The van der Waals surface area contributed by atoms with Gasteiger partial charge in [-0.3, -0.25) is 9.59 Å². The van der Waals surface area contributed by atoms with Crippen molar-refractivity contribution >= 4 is 34.5 Å². The summed E-state index contributed by atoms with van der Waals surface area (Å²) in [5.41, 5.74) is 1.73. The SMILES string of the molecule is CN(C)C1CN(C(=O)c2nc3c(N4CCC5(CC4)C(=O)NCN5c4ccccc4)ncnc3n2C)C1. The van der Waals surface area contributed by atoms with Gasteiger partial charge in [0.15, 0.2) is 17.0 Å². The van der Waals surface area contributed by atoms with E-state index in [1.807, 2.05) is 56.4 Å². The Bertz CT molecular complexity index is 1310. The maximum Gasteiger partial charge on any atom is 0.290 e. The molecule has 0 saturated carbocycles. The third-order valence-corrected chi connectivity index (χ3v) is 8.00. The van der Waals surface area contributed by atoms with Crippen molar-refractivity contribution in [3.63, 3.8) is 0 Å². The third kappa shape index (κ3) is 3.41. The molecule has 3 aliphatic rings. The van der Waals surface area contributed by atoms with E-state index in [1.54, 1.807) is 4.57 Å². The maximum atomic E-state index is 13.2. The second-order valence-electron chi connectivity index (χ2n) is 10.1. The summed E-state index contributed by atoms with van der Waals surface area (Å²) < 4.78 is 1.76. The molecule has 3 saturated heterocycles. The highest BCUT2D eigenvalue weighted by molar-refractivity contribution is 5.97. The number of hydrogen-bond donors (Lipinski definition) is 1. The molecule has 0 bridgehead atoms. The highest BCUT2D eigenvalue weighted by Crippen LogP contribution is 2.38. The number of para-hydroxylation sites is 1. The van der Waals surface area contributed by atoms with Crippen LogP contribution in [-0.4, -0.2) is 99.7 Å². The number of amides is 2. The van der Waals surface area contributed by atoms with Crippen LogP contribution in [0.15, 0.2) is 36.7 Å². The first kappa shape index (κ1) is 22.7. The monoisotopic (exact) mass is 489 g/mol. The molecule has 36 heavy (non-hydrogen) atoms. The van der Waals surface area contributed by atoms with Gasteiger partial charge in [0.1, 0.15) is 11.9 Å². The van der Waals surface area contributed by atoms with E-state index in [4.69, 9.17) is 4.98 Å². The second kappa shape index (κ2) is 8.44. The van der Waals surface area contributed by atoms with Gasteiger partial charge in [0.2, 0.25) is 11.7 Å². The Kier molecular flexibility index (Phi) is 5.32. The van der Waals surface area contributed by atoms with Gasteiger partial charge < -0.3 is 29.5 Å². The molecule has 3 fully saturated rings. The molecule has 1 N–H and O–H groups in total. The van der Waals surface area contributed by atoms with Gasteiger partial charge in [-0.25, -0.2) is 15.0 Å². The van der Waals surface area contributed by atoms with Crippen molar-refractivity contribution in [2.75, 3.05) is 56.7 Å². The number of aryl methyl sites for hydroxylation is 1. The predicted molar refractivity (Wildman–Crippen MR) is 136 cm³/mol. The van der Waals surface area contributed by atoms with Crippen molar-refractivity contribution in [1.29, 1.82) is 0 Å². The molecule has 2 aromatic heterocycles. The molecule has 5 heterocycles. The predicted octanol–water partition coefficient (Wildman–Crippen LogP) is 0.682. The van der Waals surface area contributed by atoms with Gasteiger partial charge in [0.25, 0.3) is 5.91 Å². The van der Waals surface area contributed by atoms with Crippen molar-refractivity contribution in [2.45, 2.75) is 24.4 Å². The Hall–Kier alpha value is -3.73. The minimum atomic E-state index is -0.574. The number of fused-ring (bicyclic) bond motifs is 1. The molecule has 1 aromatic carbocycles. The first-order valence-electron chi connectivity index (χ1n) is 12.4. The number of anilines is 2. The van der Waals surface area contributed by atoms with Crippen molar-refractivity contribution < 1.29 is 9.59 Å². The van der Waals surface area contributed by atoms with Gasteiger partial charge in [-0.05, 0) is 39.1 Å². The molecule has 0 aliphatic carbocycles. The quantitative estimate of drug-likeness (QED) is 0.571. The smallest absolute Gasteiger partial charge is 0.290 e. The molecule has 0 unspecified atom stereocenters. The highest BCUT2D eigenvalue weighted by atomic mass is 16.2. The van der Waals surface area contributed by atoms with Crippen LogP contribution in [0, 0.1) is 0 Å². The molecular formula is C25H31N9O2. The number of nitrogens with zero attached hydrogens (tertiary/aromatic N) is 8. The van der Waals surface area contributed by atoms with Gasteiger partial charge in [-0.1, -0.05) is 18.2 Å². The maximum absolute atomic E-state index is 13.2. The van der Waals surface area contributed by atoms with Crippen molar-refractivity contribution in [1.82, 2.24) is 34.6 Å². The number of piperidine rings is 1. The molecule has 3 aromatic rings. The number of likely N-dealkylation sites (N-methyl/N-ethyl adjacent to an activating group) is 1. The zero-order chi connectivity index (χ0) is 25.0. The minimum absolute atomic E-state index is 0.0788. The molecule has 188 valence electrons. The van der Waals surface area contributed by atoms with Crippen LogP contribution in [0.1, 0.15) is 23.5 Å². The summed E-state index contributed by atoms with van der Waals surface area (Å²) in [5, 5.41) is 3.05. The molecule has 1 spiro atoms. The topological polar surface area (TPSA) is 103 Å². The van der Waals surface area contributed by atoms with Crippen LogP contribution in [0.25, 0.3) is 11.2 Å². The Balaban J connectivity index is 1.25. The van der Waals surface area contributed by atoms with Crippen molar-refractivity contribution in [2.24, 2.45) is 7.05 Å². The number of carbonyl (C=O) groups excluding carboxylic acids is 2. The van der Waals surface area contributed by atoms with Crippen LogP contribution in [0.3, 0.4) is 0 Å². The fraction of sp³-hybridized carbons (Fsp3) is 0.480. The average molecular weight is 490 g/mol. The molecule has 2 amide bonds. The largest absolute Gasteiger partial charge is 0.354 e. The van der Waals surface area contributed by atoms with Crippen LogP contribution in [0.2, 0.25) is 0 Å². The van der Waals surface area contributed by atoms with Gasteiger partial charge in [0.05, 0.1) is 6.67 Å². The third-order valence-electron chi connectivity index (χ3n) is 8.00. The Labute approximate surface area is 209 Å². The van der Waals surface area contributed by atoms with Crippen LogP contribution >= 0.6 is 0 Å². The number of aromatic nitrogens is 4. The minimum Gasteiger partial charge on any atom is -0.354 e. The molecule has 3 aliphatic heterocycles. The van der Waals surface area contributed by atoms with E-state index in [0.717, 1.165) is 5.69 Å². The van der Waals surface area contributed by atoms with E-state index in [-0.39, 0.29) is 11.8 Å². The van der Waals surface area contributed by atoms with Gasteiger partial charge in [-0.15, -0.1) is 0 Å². The van der Waals surface area contributed by atoms with Crippen LogP contribution in [0.5, 0.6) is 0 Å². The van der Waals surface area contributed by atoms with Crippen LogP contribution in [0.4, 0.5) is 11.5 Å². The lowest BCUT2D eigenvalue weighted by Crippen LogP contribution is -2.59. The molecular weight excluding hydrogens is 458 g/mol. The fourth-order valence-corrected chi connectivity index (χ4v) is 5.62. The Morgan fingerprint density at radius 1 is 1.11 bits per heavy atom. The lowest BCUT2D eigenvalue weighted by molar-refractivity contribution is -0.124. The van der Waals surface area contributed by atoms with Crippen LogP contribution < -0.4 is 15.1 Å². The van der Waals surface area contributed by atoms with E-state index >= 15 is 0 Å². The number of benzene rings is 1. The summed E-state index contributed by atoms with van der Waals surface area (Å²) in [4.78, 5) is 48.2. The van der Waals surface area contributed by atoms with E-state index in [9.17, 15) is 9.59 Å². The van der Waals surface area contributed by atoms with E-state index < -0.39 is 5.54 Å². The van der Waals surface area contributed by atoms with E-state index in [2.05, 4.69) is 30.0 Å². The summed E-state index contributed by atoms with van der Waals surface area (Å²) in [6.07, 6.45) is 2.86. The summed E-state index contributed by atoms with van der Waals surface area (Å²) >= 11 is 0. The van der Waals surface area contributed by atoms with Gasteiger partial charge in [-0.2, -0.15) is 0 Å². The van der Waals surface area contributed by atoms with Crippen LogP contribution in [-0.2, 0) is 11.8 Å². The number of imidazole rings is 1. The summed E-state index contributed by atoms with van der Waals surface area (Å²) in [5.74, 6) is 1.08. The molecule has 0 atom stereocenters. The lowest BCUT2D eigenvalue weighted by atomic mass is 9.85. The first-order chi connectivity index (χ1) is 17.4. The lowest BCUT2D eigenvalue weighted by Gasteiger charge is -2.43. The van der Waals surface area contributed by atoms with Gasteiger partial charge in [0, 0.05) is 45.0 Å². The average Bonchev–Trinajstić information content (AvgIpc) is 3.36. The summed E-state index contributed by atoms with van der Waals surface area (Å²) in [6, 6.07) is 10.5. The fourth-order valence-electron chi connectivity index (χ4n) is 5.62. The Morgan fingerprint density at radius 3 is 2.53 bits per heavy atom. The summed E-state index contributed by atoms with van der Waals surface area (Å²) in [6.45, 7) is 3.21. The molecule has 6 rings (SSSR count). The number of likely N-dealkylation sites (tertiary alicyclic amines) is 1. The Morgan fingerprint density at radius 2 is 1.83 bits per heavy atom. The van der Waals surface area contributed by atoms with Gasteiger partial charge >= 0.3 is 0 Å². The standard InChI is InChI=1S/C25H31N9O2/c1-30(2)18-13-33(14-18)23(35)22-29-19-20(31(22)3)26-15-27-21(19)32-11-9-25(10-12-32)24(36)28-16-34(25)17-7-5-4-6-8-17/h4-8,15,18H,9-14,16H2,1-3H3,(H,28,36). The molecule has 0 radical (unpaired) electrons. The van der Waals surface area contributed by atoms with Crippen molar-refractivity contribution in [3.8, 4) is 0 Å². The highest BCUT2D eigenvalue weighted by Gasteiger charge is 2.50.